The molecule has 1 fully saturated rings. The molecule has 0 atom stereocenters. The van der Waals surface area contributed by atoms with Gasteiger partial charge in [0.05, 0.1) is 12.6 Å². The number of nitrogens with one attached hydrogen (secondary N) is 1. The topological polar surface area (TPSA) is 87.7 Å². The Bertz CT molecular complexity index is 1570. The summed E-state index contributed by atoms with van der Waals surface area (Å²) < 4.78 is 60.9. The van der Waals surface area contributed by atoms with Crippen LogP contribution in [0.15, 0.2) is 65.8 Å². The number of benzene rings is 2. The zero-order chi connectivity index (χ0) is 26.2. The molecule has 1 aliphatic heterocycles. The van der Waals surface area contributed by atoms with Crippen LogP contribution in [0.25, 0.3) is 22.0 Å². The van der Waals surface area contributed by atoms with E-state index in [4.69, 9.17) is 4.74 Å². The van der Waals surface area contributed by atoms with Gasteiger partial charge in [-0.3, -0.25) is 9.71 Å². The van der Waals surface area contributed by atoms with E-state index in [2.05, 4.69) is 31.5 Å². The van der Waals surface area contributed by atoms with Crippen molar-refractivity contribution in [3.63, 3.8) is 0 Å². The smallest absolute Gasteiger partial charge is 0.264 e. The standard InChI is InChI=1S/C26H25F2N5O3S/c1-32-9-11-33(12-10-32)24-7-8-29-22-5-3-17(13-20(22)24)18-14-23(26(36-2)30-16-18)31-37(34,35)25-6-4-19(27)15-21(25)28/h3-8,13-16,31H,9-12H2,1-2H3. The fourth-order valence-corrected chi connectivity index (χ4v) is 5.48. The second kappa shape index (κ2) is 9.91. The highest BCUT2D eigenvalue weighted by atomic mass is 32.2. The first-order valence-corrected chi connectivity index (χ1v) is 13.1. The van der Waals surface area contributed by atoms with Crippen LogP contribution in [-0.4, -0.2) is 63.6 Å². The van der Waals surface area contributed by atoms with Crippen LogP contribution in [0.4, 0.5) is 20.2 Å². The molecule has 0 radical (unpaired) electrons. The van der Waals surface area contributed by atoms with E-state index < -0.39 is 26.6 Å². The molecule has 11 heteroatoms. The SMILES string of the molecule is COc1ncc(-c2ccc3nccc(N4CCN(C)CC4)c3c2)cc1NS(=O)(=O)c1ccc(F)cc1F. The lowest BCUT2D eigenvalue weighted by molar-refractivity contribution is 0.313. The molecule has 0 amide bonds. The number of rotatable bonds is 6. The highest BCUT2D eigenvalue weighted by molar-refractivity contribution is 7.92. The number of fused-ring (bicyclic) bond motifs is 1. The Labute approximate surface area is 213 Å². The third-order valence-corrected chi connectivity index (χ3v) is 7.77. The second-order valence-electron chi connectivity index (χ2n) is 8.81. The summed E-state index contributed by atoms with van der Waals surface area (Å²) in [6.07, 6.45) is 3.37. The minimum absolute atomic E-state index is 0.00965. The van der Waals surface area contributed by atoms with Gasteiger partial charge in [-0.05, 0) is 49.0 Å². The fourth-order valence-electron chi connectivity index (χ4n) is 4.37. The Hall–Kier alpha value is -3.83. The summed E-state index contributed by atoms with van der Waals surface area (Å²) in [6, 6.07) is 11.6. The number of pyridine rings is 2. The fraction of sp³-hybridized carbons (Fsp3) is 0.231. The van der Waals surface area contributed by atoms with Crippen molar-refractivity contribution >= 4 is 32.3 Å². The Morgan fingerprint density at radius 1 is 0.946 bits per heavy atom. The molecule has 5 rings (SSSR count). The minimum atomic E-state index is -4.39. The predicted octanol–water partition coefficient (Wildman–Crippen LogP) is 4.14. The van der Waals surface area contributed by atoms with Crippen LogP contribution < -0.4 is 14.4 Å². The van der Waals surface area contributed by atoms with E-state index in [1.165, 1.54) is 7.11 Å². The molecule has 2 aromatic carbocycles. The van der Waals surface area contributed by atoms with E-state index >= 15 is 0 Å². The Kier molecular flexibility index (Phi) is 6.65. The lowest BCUT2D eigenvalue weighted by atomic mass is 10.0. The molecule has 0 saturated carbocycles. The maximum Gasteiger partial charge on any atom is 0.264 e. The van der Waals surface area contributed by atoms with Gasteiger partial charge in [-0.15, -0.1) is 0 Å². The Morgan fingerprint density at radius 2 is 1.73 bits per heavy atom. The number of halogens is 2. The molecule has 0 bridgehead atoms. The molecule has 0 unspecified atom stereocenters. The summed E-state index contributed by atoms with van der Waals surface area (Å²) in [5.41, 5.74) is 3.35. The molecule has 0 aliphatic carbocycles. The van der Waals surface area contributed by atoms with Gasteiger partial charge in [-0.1, -0.05) is 6.07 Å². The minimum Gasteiger partial charge on any atom is -0.480 e. The maximum absolute atomic E-state index is 14.2. The van der Waals surface area contributed by atoms with Crippen molar-refractivity contribution in [2.45, 2.75) is 4.90 Å². The molecule has 1 N–H and O–H groups in total. The number of sulfonamides is 1. The van der Waals surface area contributed by atoms with E-state index in [-0.39, 0.29) is 11.6 Å². The van der Waals surface area contributed by atoms with Gasteiger partial charge in [0.25, 0.3) is 10.0 Å². The highest BCUT2D eigenvalue weighted by Gasteiger charge is 2.23. The van der Waals surface area contributed by atoms with Crippen LogP contribution in [0.3, 0.4) is 0 Å². The summed E-state index contributed by atoms with van der Waals surface area (Å²) in [7, 11) is -0.931. The van der Waals surface area contributed by atoms with Gasteiger partial charge in [0, 0.05) is 61.3 Å². The van der Waals surface area contributed by atoms with Crippen molar-refractivity contribution < 1.29 is 21.9 Å². The normalized spacial score (nSPS) is 14.6. The van der Waals surface area contributed by atoms with E-state index in [0.717, 1.165) is 60.5 Å². The van der Waals surface area contributed by atoms with E-state index in [1.807, 2.05) is 24.3 Å². The molecule has 4 aromatic rings. The van der Waals surface area contributed by atoms with Gasteiger partial charge in [0.2, 0.25) is 5.88 Å². The average molecular weight is 526 g/mol. The van der Waals surface area contributed by atoms with Gasteiger partial charge < -0.3 is 14.5 Å². The maximum atomic E-state index is 14.2. The number of ether oxygens (including phenoxy) is 1. The summed E-state index contributed by atoms with van der Waals surface area (Å²) in [5.74, 6) is -2.07. The predicted molar refractivity (Wildman–Crippen MR) is 138 cm³/mol. The van der Waals surface area contributed by atoms with E-state index in [0.29, 0.717) is 11.6 Å². The van der Waals surface area contributed by atoms with Crippen LogP contribution in [0.1, 0.15) is 0 Å². The quantitative estimate of drug-likeness (QED) is 0.405. The van der Waals surface area contributed by atoms with Crippen molar-refractivity contribution in [3.8, 4) is 17.0 Å². The van der Waals surface area contributed by atoms with Crippen LogP contribution in [0.2, 0.25) is 0 Å². The number of aromatic nitrogens is 2. The Morgan fingerprint density at radius 3 is 2.46 bits per heavy atom. The molecule has 192 valence electrons. The first-order valence-electron chi connectivity index (χ1n) is 11.6. The van der Waals surface area contributed by atoms with Crippen molar-refractivity contribution in [3.05, 3.63) is 72.6 Å². The zero-order valence-electron chi connectivity index (χ0n) is 20.3. The van der Waals surface area contributed by atoms with Gasteiger partial charge in [0.1, 0.15) is 22.2 Å². The number of hydrogen-bond donors (Lipinski definition) is 1. The number of hydrogen-bond acceptors (Lipinski definition) is 7. The first-order chi connectivity index (χ1) is 17.7. The summed E-state index contributed by atoms with van der Waals surface area (Å²) in [6.45, 7) is 3.72. The summed E-state index contributed by atoms with van der Waals surface area (Å²) in [4.78, 5) is 12.7. The van der Waals surface area contributed by atoms with Crippen molar-refractivity contribution in [1.29, 1.82) is 0 Å². The van der Waals surface area contributed by atoms with Gasteiger partial charge in [-0.2, -0.15) is 0 Å². The number of nitrogens with zero attached hydrogens (tertiary/aromatic N) is 4. The van der Waals surface area contributed by atoms with Gasteiger partial charge in [-0.25, -0.2) is 22.2 Å². The van der Waals surface area contributed by atoms with Crippen LogP contribution in [-0.2, 0) is 10.0 Å². The van der Waals surface area contributed by atoms with Crippen LogP contribution >= 0.6 is 0 Å². The molecule has 1 aliphatic rings. The lowest BCUT2D eigenvalue weighted by Gasteiger charge is -2.34. The zero-order valence-corrected chi connectivity index (χ0v) is 21.1. The summed E-state index contributed by atoms with van der Waals surface area (Å²) >= 11 is 0. The van der Waals surface area contributed by atoms with Crippen LogP contribution in [0.5, 0.6) is 5.88 Å². The third-order valence-electron chi connectivity index (χ3n) is 6.37. The molecule has 8 nitrogen and oxygen atoms in total. The average Bonchev–Trinajstić information content (AvgIpc) is 2.88. The number of anilines is 2. The number of likely N-dealkylation sites (N-methyl/N-ethyl adjacent to an activating group) is 1. The Balaban J connectivity index is 1.53. The first kappa shape index (κ1) is 24.8. The molecular weight excluding hydrogens is 500 g/mol. The highest BCUT2D eigenvalue weighted by Crippen LogP contribution is 2.34. The van der Waals surface area contributed by atoms with Gasteiger partial charge in [0.15, 0.2) is 0 Å². The van der Waals surface area contributed by atoms with Crippen LogP contribution in [0, 0.1) is 11.6 Å². The monoisotopic (exact) mass is 525 g/mol. The number of methoxy groups -OCH3 is 1. The molecule has 1 saturated heterocycles. The summed E-state index contributed by atoms with van der Waals surface area (Å²) in [5, 5.41) is 0.968. The number of piperazine rings is 1. The molecule has 37 heavy (non-hydrogen) atoms. The van der Waals surface area contributed by atoms with Crippen molar-refractivity contribution in [1.82, 2.24) is 14.9 Å². The molecule has 2 aromatic heterocycles. The van der Waals surface area contributed by atoms with Gasteiger partial charge >= 0.3 is 0 Å². The largest absolute Gasteiger partial charge is 0.480 e. The second-order valence-corrected chi connectivity index (χ2v) is 10.5. The van der Waals surface area contributed by atoms with E-state index in [9.17, 15) is 17.2 Å². The third kappa shape index (κ3) is 5.05. The molecular formula is C26H25F2N5O3S. The van der Waals surface area contributed by atoms with E-state index in [1.54, 1.807) is 18.5 Å². The van der Waals surface area contributed by atoms with Crippen molar-refractivity contribution in [2.24, 2.45) is 0 Å². The van der Waals surface area contributed by atoms with Crippen molar-refractivity contribution in [2.75, 3.05) is 50.0 Å². The molecule has 3 heterocycles. The molecule has 0 spiro atoms. The lowest BCUT2D eigenvalue weighted by Crippen LogP contribution is -2.44.